The van der Waals surface area contributed by atoms with E-state index in [1.807, 2.05) is 12.1 Å². The monoisotopic (exact) mass is 364 g/mol. The maximum atomic E-state index is 13.1. The van der Waals surface area contributed by atoms with E-state index < -0.39 is 11.7 Å². The van der Waals surface area contributed by atoms with Gasteiger partial charge in [-0.05, 0) is 35.9 Å². The van der Waals surface area contributed by atoms with Gasteiger partial charge in [0.05, 0.1) is 12.1 Å². The molecule has 132 valence electrons. The predicted molar refractivity (Wildman–Crippen MR) is 94.1 cm³/mol. The van der Waals surface area contributed by atoms with Crippen molar-refractivity contribution >= 4 is 29.1 Å². The molecule has 7 heteroatoms. The average Bonchev–Trinajstić information content (AvgIpc) is 2.58. The number of ether oxygens (including phenoxy) is 1. The van der Waals surface area contributed by atoms with Crippen LogP contribution in [0.15, 0.2) is 42.5 Å². The number of rotatable bonds is 6. The molecule has 0 saturated heterocycles. The van der Waals surface area contributed by atoms with Crippen molar-refractivity contribution in [2.24, 2.45) is 0 Å². The van der Waals surface area contributed by atoms with Crippen molar-refractivity contribution in [1.29, 1.82) is 0 Å². The number of amides is 2. The van der Waals surface area contributed by atoms with Crippen molar-refractivity contribution in [3.05, 3.63) is 58.9 Å². The molecule has 0 spiro atoms. The van der Waals surface area contributed by atoms with Crippen molar-refractivity contribution in [3.8, 4) is 5.75 Å². The second-order valence-corrected chi connectivity index (χ2v) is 5.81. The zero-order valence-corrected chi connectivity index (χ0v) is 14.6. The Morgan fingerprint density at radius 1 is 1.20 bits per heavy atom. The average molecular weight is 365 g/mol. The van der Waals surface area contributed by atoms with Gasteiger partial charge in [-0.15, -0.1) is 0 Å². The smallest absolute Gasteiger partial charge is 0.244 e. The number of carbonyl (C=O) groups is 2. The standard InChI is InChI=1S/C18H18ClFN2O3/c1-12(23)22(10-13-3-6-15(25-2)7-4-13)11-18(24)21-14-5-8-17(20)16(19)9-14/h3-9H,10-11H2,1-2H3,(H,21,24). The van der Waals surface area contributed by atoms with Crippen molar-refractivity contribution in [3.63, 3.8) is 0 Å². The van der Waals surface area contributed by atoms with Gasteiger partial charge in [-0.3, -0.25) is 9.59 Å². The largest absolute Gasteiger partial charge is 0.497 e. The van der Waals surface area contributed by atoms with Gasteiger partial charge < -0.3 is 15.0 Å². The summed E-state index contributed by atoms with van der Waals surface area (Å²) in [5, 5.41) is 2.51. The highest BCUT2D eigenvalue weighted by Crippen LogP contribution is 2.19. The van der Waals surface area contributed by atoms with Crippen LogP contribution in [0.1, 0.15) is 12.5 Å². The second-order valence-electron chi connectivity index (χ2n) is 5.40. The SMILES string of the molecule is COc1ccc(CN(CC(=O)Nc2ccc(F)c(Cl)c2)C(C)=O)cc1. The van der Waals surface area contributed by atoms with Crippen LogP contribution in [0.3, 0.4) is 0 Å². The van der Waals surface area contributed by atoms with Crippen molar-refractivity contribution in [2.45, 2.75) is 13.5 Å². The van der Waals surface area contributed by atoms with E-state index in [2.05, 4.69) is 5.32 Å². The molecule has 0 saturated carbocycles. The van der Waals surface area contributed by atoms with Gasteiger partial charge in [0.2, 0.25) is 11.8 Å². The van der Waals surface area contributed by atoms with Crippen molar-refractivity contribution < 1.29 is 18.7 Å². The summed E-state index contributed by atoms with van der Waals surface area (Å²) in [4.78, 5) is 25.4. The Hall–Kier alpha value is -2.60. The maximum Gasteiger partial charge on any atom is 0.244 e. The van der Waals surface area contributed by atoms with E-state index in [-0.39, 0.29) is 24.0 Å². The number of carbonyl (C=O) groups excluding carboxylic acids is 2. The minimum Gasteiger partial charge on any atom is -0.497 e. The third-order valence-electron chi connectivity index (χ3n) is 3.52. The lowest BCUT2D eigenvalue weighted by atomic mass is 10.2. The molecule has 0 heterocycles. The van der Waals surface area contributed by atoms with Crippen LogP contribution in [0.25, 0.3) is 0 Å². The molecule has 2 aromatic carbocycles. The molecule has 2 amide bonds. The van der Waals surface area contributed by atoms with Gasteiger partial charge in [-0.25, -0.2) is 4.39 Å². The number of methoxy groups -OCH3 is 1. The van der Waals surface area contributed by atoms with Crippen LogP contribution in [0, 0.1) is 5.82 Å². The second kappa shape index (κ2) is 8.48. The third-order valence-corrected chi connectivity index (χ3v) is 3.81. The Balaban J connectivity index is 2.00. The number of halogens is 2. The molecule has 0 atom stereocenters. The van der Waals surface area contributed by atoms with Gasteiger partial charge in [0.1, 0.15) is 18.1 Å². The maximum absolute atomic E-state index is 13.1. The van der Waals surface area contributed by atoms with Gasteiger partial charge in [-0.2, -0.15) is 0 Å². The number of hydrogen-bond acceptors (Lipinski definition) is 3. The fraction of sp³-hybridized carbons (Fsp3) is 0.222. The van der Waals surface area contributed by atoms with Gasteiger partial charge >= 0.3 is 0 Å². The van der Waals surface area contributed by atoms with Crippen molar-refractivity contribution in [2.75, 3.05) is 19.0 Å². The van der Waals surface area contributed by atoms with E-state index in [1.54, 1.807) is 19.2 Å². The Kier molecular flexibility index (Phi) is 6.36. The number of benzene rings is 2. The quantitative estimate of drug-likeness (QED) is 0.853. The molecule has 5 nitrogen and oxygen atoms in total. The molecule has 0 aliphatic heterocycles. The Morgan fingerprint density at radius 2 is 1.88 bits per heavy atom. The Bertz CT molecular complexity index is 765. The molecule has 0 fully saturated rings. The first-order valence-corrected chi connectivity index (χ1v) is 7.90. The summed E-state index contributed by atoms with van der Waals surface area (Å²) in [5.74, 6) is -0.483. The van der Waals surface area contributed by atoms with E-state index in [0.717, 1.165) is 11.6 Å². The molecule has 0 radical (unpaired) electrons. The fourth-order valence-corrected chi connectivity index (χ4v) is 2.36. The zero-order valence-electron chi connectivity index (χ0n) is 13.9. The van der Waals surface area contributed by atoms with E-state index in [1.165, 1.54) is 24.0 Å². The van der Waals surface area contributed by atoms with Crippen LogP contribution in [0.4, 0.5) is 10.1 Å². The lowest BCUT2D eigenvalue weighted by Gasteiger charge is -2.21. The van der Waals surface area contributed by atoms with Gasteiger partial charge in [-0.1, -0.05) is 23.7 Å². The van der Waals surface area contributed by atoms with Crippen LogP contribution >= 0.6 is 11.6 Å². The lowest BCUT2D eigenvalue weighted by molar-refractivity contribution is -0.133. The molecule has 2 rings (SSSR count). The highest BCUT2D eigenvalue weighted by atomic mass is 35.5. The number of hydrogen-bond donors (Lipinski definition) is 1. The molecule has 1 N–H and O–H groups in total. The minimum atomic E-state index is -0.565. The number of nitrogens with one attached hydrogen (secondary N) is 1. The molecular formula is C18H18ClFN2O3. The molecule has 0 aromatic heterocycles. The van der Waals surface area contributed by atoms with Crippen molar-refractivity contribution in [1.82, 2.24) is 4.90 Å². The summed E-state index contributed by atoms with van der Waals surface area (Å²) < 4.78 is 18.2. The van der Waals surface area contributed by atoms with Crippen LogP contribution in [-0.2, 0) is 16.1 Å². The van der Waals surface area contributed by atoms with Crippen LogP contribution in [0.2, 0.25) is 5.02 Å². The normalized spacial score (nSPS) is 10.2. The van der Waals surface area contributed by atoms with Gasteiger partial charge in [0.25, 0.3) is 0 Å². The first kappa shape index (κ1) is 18.7. The zero-order chi connectivity index (χ0) is 18.4. The predicted octanol–water partition coefficient (Wildman–Crippen LogP) is 3.47. The summed E-state index contributed by atoms with van der Waals surface area (Å²) in [7, 11) is 1.57. The first-order chi connectivity index (χ1) is 11.9. The third kappa shape index (κ3) is 5.46. The van der Waals surface area contributed by atoms with Gasteiger partial charge in [0.15, 0.2) is 0 Å². The number of anilines is 1. The van der Waals surface area contributed by atoms with Gasteiger partial charge in [0, 0.05) is 19.2 Å². The van der Waals surface area contributed by atoms with Crippen LogP contribution in [0.5, 0.6) is 5.75 Å². The Morgan fingerprint density at radius 3 is 2.44 bits per heavy atom. The minimum absolute atomic E-state index is 0.0838. The van der Waals surface area contributed by atoms with Crippen LogP contribution < -0.4 is 10.1 Å². The van der Waals surface area contributed by atoms with Crippen LogP contribution in [-0.4, -0.2) is 30.4 Å². The summed E-state index contributed by atoms with van der Waals surface area (Å²) >= 11 is 5.68. The molecule has 0 unspecified atom stereocenters. The summed E-state index contributed by atoms with van der Waals surface area (Å²) in [6.45, 7) is 1.55. The topological polar surface area (TPSA) is 58.6 Å². The summed E-state index contributed by atoms with van der Waals surface area (Å²) in [5.41, 5.74) is 1.23. The molecule has 0 aliphatic rings. The summed E-state index contributed by atoms with van der Waals surface area (Å²) in [6.07, 6.45) is 0. The molecule has 0 aliphatic carbocycles. The lowest BCUT2D eigenvalue weighted by Crippen LogP contribution is -2.36. The highest BCUT2D eigenvalue weighted by molar-refractivity contribution is 6.31. The molecule has 2 aromatic rings. The first-order valence-electron chi connectivity index (χ1n) is 7.52. The highest BCUT2D eigenvalue weighted by Gasteiger charge is 2.15. The molecule has 0 bridgehead atoms. The number of nitrogens with zero attached hydrogens (tertiary/aromatic N) is 1. The molecular weight excluding hydrogens is 347 g/mol. The van der Waals surface area contributed by atoms with E-state index in [0.29, 0.717) is 11.4 Å². The fourth-order valence-electron chi connectivity index (χ4n) is 2.18. The molecule has 25 heavy (non-hydrogen) atoms. The summed E-state index contributed by atoms with van der Waals surface area (Å²) in [6, 6.07) is 11.1. The van der Waals surface area contributed by atoms with E-state index >= 15 is 0 Å². The van der Waals surface area contributed by atoms with E-state index in [4.69, 9.17) is 16.3 Å². The Labute approximate surface area is 150 Å². The van der Waals surface area contributed by atoms with E-state index in [9.17, 15) is 14.0 Å².